The highest BCUT2D eigenvalue weighted by molar-refractivity contribution is 5.49. The van der Waals surface area contributed by atoms with Crippen LogP contribution in [-0.2, 0) is 0 Å². The lowest BCUT2D eigenvalue weighted by atomic mass is 10.0. The first kappa shape index (κ1) is 14.1. The molecule has 0 amide bonds. The van der Waals surface area contributed by atoms with Gasteiger partial charge in [0.05, 0.1) is 12.8 Å². The van der Waals surface area contributed by atoms with E-state index in [0.717, 1.165) is 13.0 Å². The number of benzene rings is 1. The third-order valence-electron chi connectivity index (χ3n) is 3.89. The van der Waals surface area contributed by atoms with Gasteiger partial charge in [0.2, 0.25) is 0 Å². The van der Waals surface area contributed by atoms with Crippen LogP contribution in [0.2, 0.25) is 0 Å². The van der Waals surface area contributed by atoms with Gasteiger partial charge >= 0.3 is 0 Å². The third-order valence-corrected chi connectivity index (χ3v) is 3.89. The van der Waals surface area contributed by atoms with Crippen molar-refractivity contribution in [1.82, 2.24) is 4.90 Å². The molecule has 1 aliphatic rings. The number of rotatable bonds is 5. The number of anilines is 1. The molecule has 1 saturated heterocycles. The van der Waals surface area contributed by atoms with Crippen LogP contribution in [0.25, 0.3) is 0 Å². The Kier molecular flexibility index (Phi) is 5.02. The van der Waals surface area contributed by atoms with Crippen molar-refractivity contribution in [3.05, 3.63) is 24.0 Å². The van der Waals surface area contributed by atoms with Gasteiger partial charge in [-0.15, -0.1) is 0 Å². The maximum atomic E-state index is 13.6. The zero-order chi connectivity index (χ0) is 13.7. The molecule has 1 fully saturated rings. The molecule has 1 aromatic rings. The molecule has 1 aromatic carbocycles. The topological polar surface area (TPSA) is 24.5 Å². The first-order chi connectivity index (χ1) is 9.20. The molecule has 0 saturated carbocycles. The average molecular weight is 266 g/mol. The van der Waals surface area contributed by atoms with Crippen molar-refractivity contribution in [2.45, 2.75) is 31.7 Å². The summed E-state index contributed by atoms with van der Waals surface area (Å²) in [5, 5.41) is 3.17. The van der Waals surface area contributed by atoms with E-state index >= 15 is 0 Å². The number of piperidine rings is 1. The number of nitrogens with one attached hydrogen (secondary N) is 1. The van der Waals surface area contributed by atoms with Crippen LogP contribution in [-0.4, -0.2) is 38.2 Å². The lowest BCUT2D eigenvalue weighted by Crippen LogP contribution is -2.37. The lowest BCUT2D eigenvalue weighted by Gasteiger charge is -2.32. The SMILES string of the molecule is COc1ccc(F)c(NCCC2CCCCN2C)c1. The molecular formula is C15H23FN2O. The summed E-state index contributed by atoms with van der Waals surface area (Å²) in [6.45, 7) is 1.97. The minimum absolute atomic E-state index is 0.224. The Hall–Kier alpha value is -1.29. The Labute approximate surface area is 114 Å². The van der Waals surface area contributed by atoms with Crippen molar-refractivity contribution in [3.63, 3.8) is 0 Å². The van der Waals surface area contributed by atoms with Crippen LogP contribution in [0.4, 0.5) is 10.1 Å². The highest BCUT2D eigenvalue weighted by Gasteiger charge is 2.18. The van der Waals surface area contributed by atoms with E-state index in [4.69, 9.17) is 4.74 Å². The molecule has 3 nitrogen and oxygen atoms in total. The minimum Gasteiger partial charge on any atom is -0.497 e. The third kappa shape index (κ3) is 3.83. The number of hydrogen-bond acceptors (Lipinski definition) is 3. The highest BCUT2D eigenvalue weighted by atomic mass is 19.1. The number of hydrogen-bond donors (Lipinski definition) is 1. The van der Waals surface area contributed by atoms with Gasteiger partial charge in [-0.2, -0.15) is 0 Å². The summed E-state index contributed by atoms with van der Waals surface area (Å²) < 4.78 is 18.7. The molecule has 106 valence electrons. The number of halogens is 1. The van der Waals surface area contributed by atoms with Crippen LogP contribution in [0.1, 0.15) is 25.7 Å². The number of methoxy groups -OCH3 is 1. The van der Waals surface area contributed by atoms with Gasteiger partial charge < -0.3 is 15.0 Å². The van der Waals surface area contributed by atoms with E-state index in [9.17, 15) is 4.39 Å². The Bertz CT molecular complexity index is 411. The molecule has 19 heavy (non-hydrogen) atoms. The zero-order valence-electron chi connectivity index (χ0n) is 11.8. The van der Waals surface area contributed by atoms with E-state index in [1.54, 1.807) is 19.2 Å². The largest absolute Gasteiger partial charge is 0.497 e. The normalized spacial score (nSPS) is 20.3. The highest BCUT2D eigenvalue weighted by Crippen LogP contribution is 2.22. The molecule has 1 N–H and O–H groups in total. The summed E-state index contributed by atoms with van der Waals surface area (Å²) in [6, 6.07) is 5.40. The van der Waals surface area contributed by atoms with Crippen LogP contribution in [0, 0.1) is 5.82 Å². The van der Waals surface area contributed by atoms with Crippen LogP contribution in [0.5, 0.6) is 5.75 Å². The monoisotopic (exact) mass is 266 g/mol. The van der Waals surface area contributed by atoms with Crippen molar-refractivity contribution in [1.29, 1.82) is 0 Å². The molecule has 4 heteroatoms. The van der Waals surface area contributed by atoms with Gasteiger partial charge in [0, 0.05) is 18.7 Å². The van der Waals surface area contributed by atoms with Crippen LogP contribution >= 0.6 is 0 Å². The van der Waals surface area contributed by atoms with Crippen molar-refractivity contribution in [3.8, 4) is 5.75 Å². The fourth-order valence-corrected chi connectivity index (χ4v) is 2.65. The first-order valence-electron chi connectivity index (χ1n) is 6.98. The van der Waals surface area contributed by atoms with Crippen LogP contribution < -0.4 is 10.1 Å². The average Bonchev–Trinajstić information content (AvgIpc) is 2.43. The summed E-state index contributed by atoms with van der Waals surface area (Å²) in [4.78, 5) is 2.41. The molecule has 0 aromatic heterocycles. The molecule has 0 aliphatic carbocycles. The van der Waals surface area contributed by atoms with Crippen molar-refractivity contribution < 1.29 is 9.13 Å². The van der Waals surface area contributed by atoms with Gasteiger partial charge in [0.25, 0.3) is 0 Å². The Morgan fingerprint density at radius 1 is 1.42 bits per heavy atom. The second kappa shape index (κ2) is 6.75. The Morgan fingerprint density at radius 2 is 2.26 bits per heavy atom. The van der Waals surface area contributed by atoms with Gasteiger partial charge in [0.15, 0.2) is 0 Å². The molecule has 0 bridgehead atoms. The van der Waals surface area contributed by atoms with Crippen molar-refractivity contribution in [2.75, 3.05) is 32.6 Å². The fourth-order valence-electron chi connectivity index (χ4n) is 2.65. The van der Waals surface area contributed by atoms with E-state index in [-0.39, 0.29) is 5.82 Å². The summed E-state index contributed by atoms with van der Waals surface area (Å²) in [7, 11) is 3.77. The molecule has 0 spiro atoms. The van der Waals surface area contributed by atoms with Gasteiger partial charge in [-0.05, 0) is 45.0 Å². The summed E-state index contributed by atoms with van der Waals surface area (Å²) >= 11 is 0. The van der Waals surface area contributed by atoms with Crippen LogP contribution in [0.3, 0.4) is 0 Å². The zero-order valence-corrected chi connectivity index (χ0v) is 11.8. The summed E-state index contributed by atoms with van der Waals surface area (Å²) in [6.07, 6.45) is 4.90. The van der Waals surface area contributed by atoms with E-state index in [1.807, 2.05) is 0 Å². The number of nitrogens with zero attached hydrogens (tertiary/aromatic N) is 1. The van der Waals surface area contributed by atoms with Crippen LogP contribution in [0.15, 0.2) is 18.2 Å². The maximum absolute atomic E-state index is 13.6. The molecule has 1 aliphatic heterocycles. The standard InChI is InChI=1S/C15H23FN2O/c1-18-10-4-3-5-12(18)8-9-17-15-11-13(19-2)6-7-14(15)16/h6-7,11-12,17H,3-5,8-10H2,1-2H3. The predicted octanol–water partition coefficient (Wildman–Crippen LogP) is 3.12. The van der Waals surface area contributed by atoms with E-state index in [2.05, 4.69) is 17.3 Å². The second-order valence-corrected chi connectivity index (χ2v) is 5.19. The second-order valence-electron chi connectivity index (χ2n) is 5.19. The van der Waals surface area contributed by atoms with E-state index < -0.39 is 0 Å². The molecule has 1 unspecified atom stereocenters. The molecule has 2 rings (SSSR count). The lowest BCUT2D eigenvalue weighted by molar-refractivity contribution is 0.179. The Morgan fingerprint density at radius 3 is 3.00 bits per heavy atom. The van der Waals surface area contributed by atoms with Gasteiger partial charge in [-0.25, -0.2) is 4.39 Å². The maximum Gasteiger partial charge on any atom is 0.146 e. The van der Waals surface area contributed by atoms with Gasteiger partial charge in [-0.1, -0.05) is 6.42 Å². The summed E-state index contributed by atoms with van der Waals surface area (Å²) in [5.41, 5.74) is 0.526. The number of ether oxygens (including phenoxy) is 1. The van der Waals surface area contributed by atoms with Gasteiger partial charge in [-0.3, -0.25) is 0 Å². The summed E-state index contributed by atoms with van der Waals surface area (Å²) in [5.74, 6) is 0.455. The molecular weight excluding hydrogens is 243 g/mol. The minimum atomic E-state index is -0.224. The predicted molar refractivity (Wildman–Crippen MR) is 76.3 cm³/mol. The smallest absolute Gasteiger partial charge is 0.146 e. The molecule has 0 radical (unpaired) electrons. The first-order valence-corrected chi connectivity index (χ1v) is 6.98. The quantitative estimate of drug-likeness (QED) is 0.886. The van der Waals surface area contributed by atoms with Crippen molar-refractivity contribution >= 4 is 5.69 Å². The fraction of sp³-hybridized carbons (Fsp3) is 0.600. The van der Waals surface area contributed by atoms with E-state index in [0.29, 0.717) is 17.5 Å². The van der Waals surface area contributed by atoms with Gasteiger partial charge in [0.1, 0.15) is 11.6 Å². The van der Waals surface area contributed by atoms with Crippen molar-refractivity contribution in [2.24, 2.45) is 0 Å². The van der Waals surface area contributed by atoms with E-state index in [1.165, 1.54) is 31.9 Å². The molecule has 1 heterocycles. The molecule has 1 atom stereocenters. The number of likely N-dealkylation sites (tertiary alicyclic amines) is 1. The Balaban J connectivity index is 1.84.